The van der Waals surface area contributed by atoms with Crippen LogP contribution in [0.1, 0.15) is 18.9 Å². The van der Waals surface area contributed by atoms with Gasteiger partial charge in [0.05, 0.1) is 19.1 Å². The summed E-state index contributed by atoms with van der Waals surface area (Å²) >= 11 is 0. The van der Waals surface area contributed by atoms with Crippen LogP contribution in [-0.2, 0) is 11.2 Å². The smallest absolute Gasteiger partial charge is 0.306 e. The highest BCUT2D eigenvalue weighted by atomic mass is 16.5. The predicted molar refractivity (Wildman–Crippen MR) is 135 cm³/mol. The van der Waals surface area contributed by atoms with Gasteiger partial charge in [0.15, 0.2) is 0 Å². The van der Waals surface area contributed by atoms with Crippen molar-refractivity contribution in [3.63, 3.8) is 0 Å². The largest absolute Gasteiger partial charge is 0.492 e. The molecule has 0 aliphatic rings. The standard InChI is InChI=1S/C25H32N6O4/c1-3-19(22(33)34)17-18-9-11-21(12-10-18)35-16-13-26-23-28-24(27-20-7-5-4-6-8-20)30-25(29-23)31(2)14-15-32/h4-12,19,32H,3,13-17H2,1-2H3,(H,33,34)(H2,26,27,28,29,30). The van der Waals surface area contributed by atoms with Gasteiger partial charge in [-0.1, -0.05) is 37.3 Å². The topological polar surface area (TPSA) is 133 Å². The molecule has 35 heavy (non-hydrogen) atoms. The zero-order valence-electron chi connectivity index (χ0n) is 20.0. The van der Waals surface area contributed by atoms with E-state index in [2.05, 4.69) is 25.6 Å². The third-order valence-corrected chi connectivity index (χ3v) is 5.33. The van der Waals surface area contributed by atoms with Gasteiger partial charge in [-0.25, -0.2) is 0 Å². The van der Waals surface area contributed by atoms with Crippen molar-refractivity contribution in [2.75, 3.05) is 48.9 Å². The number of carbonyl (C=O) groups is 1. The van der Waals surface area contributed by atoms with Crippen molar-refractivity contribution < 1.29 is 19.7 Å². The van der Waals surface area contributed by atoms with Gasteiger partial charge in [-0.05, 0) is 42.7 Å². The maximum atomic E-state index is 11.2. The normalized spacial score (nSPS) is 11.5. The lowest BCUT2D eigenvalue weighted by Gasteiger charge is -2.17. The first-order chi connectivity index (χ1) is 17.0. The zero-order valence-corrected chi connectivity index (χ0v) is 20.0. The van der Waals surface area contributed by atoms with Gasteiger partial charge in [0.25, 0.3) is 0 Å². The molecule has 1 unspecified atom stereocenters. The molecule has 0 bridgehead atoms. The number of nitrogens with one attached hydrogen (secondary N) is 2. The number of aromatic nitrogens is 3. The van der Waals surface area contributed by atoms with Gasteiger partial charge in [-0.3, -0.25) is 4.79 Å². The molecule has 10 heteroatoms. The molecule has 0 aliphatic heterocycles. The lowest BCUT2D eigenvalue weighted by molar-refractivity contribution is -0.141. The van der Waals surface area contributed by atoms with Gasteiger partial charge in [0, 0.05) is 19.3 Å². The number of rotatable bonds is 14. The Bertz CT molecular complexity index is 1070. The highest BCUT2D eigenvalue weighted by molar-refractivity contribution is 5.70. The fourth-order valence-corrected chi connectivity index (χ4v) is 3.32. The number of nitrogens with zero attached hydrogens (tertiary/aromatic N) is 4. The van der Waals surface area contributed by atoms with E-state index < -0.39 is 5.97 Å². The fraction of sp³-hybridized carbons (Fsp3) is 0.360. The summed E-state index contributed by atoms with van der Waals surface area (Å²) in [6.45, 7) is 3.08. The first-order valence-corrected chi connectivity index (χ1v) is 11.6. The minimum absolute atomic E-state index is 0.0194. The number of benzene rings is 2. The number of carboxylic acids is 1. The van der Waals surface area contributed by atoms with Crippen LogP contribution < -0.4 is 20.3 Å². The molecule has 10 nitrogen and oxygen atoms in total. The van der Waals surface area contributed by atoms with Crippen LogP contribution in [0.3, 0.4) is 0 Å². The number of ether oxygens (including phenoxy) is 1. The van der Waals surface area contributed by atoms with Gasteiger partial charge in [-0.2, -0.15) is 15.0 Å². The molecular formula is C25H32N6O4. The Balaban J connectivity index is 1.57. The van der Waals surface area contributed by atoms with Crippen molar-refractivity contribution in [2.24, 2.45) is 5.92 Å². The van der Waals surface area contributed by atoms with Crippen LogP contribution in [-0.4, -0.2) is 64.5 Å². The summed E-state index contributed by atoms with van der Waals surface area (Å²) in [5.74, 6) is 0.745. The van der Waals surface area contributed by atoms with Crippen LogP contribution in [0, 0.1) is 5.92 Å². The number of carboxylic acid groups (broad SMARTS) is 1. The molecule has 1 atom stereocenters. The molecular weight excluding hydrogens is 448 g/mol. The first-order valence-electron chi connectivity index (χ1n) is 11.6. The summed E-state index contributed by atoms with van der Waals surface area (Å²) in [7, 11) is 1.80. The fourth-order valence-electron chi connectivity index (χ4n) is 3.32. The van der Waals surface area contributed by atoms with Crippen LogP contribution in [0.2, 0.25) is 0 Å². The molecule has 186 valence electrons. The molecule has 0 saturated carbocycles. The molecule has 0 radical (unpaired) electrons. The van der Waals surface area contributed by atoms with Crippen molar-refractivity contribution in [2.45, 2.75) is 19.8 Å². The number of hydrogen-bond acceptors (Lipinski definition) is 9. The van der Waals surface area contributed by atoms with Crippen molar-refractivity contribution in [1.29, 1.82) is 0 Å². The quantitative estimate of drug-likeness (QED) is 0.255. The van der Waals surface area contributed by atoms with Gasteiger partial charge in [-0.15, -0.1) is 0 Å². The first kappa shape index (κ1) is 25.7. The number of hydrogen-bond donors (Lipinski definition) is 4. The maximum Gasteiger partial charge on any atom is 0.306 e. The molecule has 2 aromatic carbocycles. The molecule has 1 aromatic heterocycles. The van der Waals surface area contributed by atoms with Crippen molar-refractivity contribution in [1.82, 2.24) is 15.0 Å². The Morgan fingerprint density at radius 2 is 1.77 bits per heavy atom. The lowest BCUT2D eigenvalue weighted by Crippen LogP contribution is -2.25. The van der Waals surface area contributed by atoms with E-state index in [0.29, 0.717) is 56.1 Å². The second-order valence-corrected chi connectivity index (χ2v) is 7.99. The minimum atomic E-state index is -0.773. The van der Waals surface area contributed by atoms with Gasteiger partial charge in [0.2, 0.25) is 17.8 Å². The molecule has 0 amide bonds. The van der Waals surface area contributed by atoms with E-state index in [1.54, 1.807) is 11.9 Å². The van der Waals surface area contributed by atoms with Crippen LogP contribution in [0.15, 0.2) is 54.6 Å². The third kappa shape index (κ3) is 8.11. The Kier molecular flexibility index (Phi) is 9.61. The van der Waals surface area contributed by atoms with Crippen LogP contribution >= 0.6 is 0 Å². The summed E-state index contributed by atoms with van der Waals surface area (Å²) < 4.78 is 5.79. The van der Waals surface area contributed by atoms with Crippen LogP contribution in [0.25, 0.3) is 0 Å². The van der Waals surface area contributed by atoms with Gasteiger partial charge < -0.3 is 30.5 Å². The highest BCUT2D eigenvalue weighted by Crippen LogP contribution is 2.18. The van der Waals surface area contributed by atoms with E-state index in [1.165, 1.54) is 0 Å². The Morgan fingerprint density at radius 1 is 1.06 bits per heavy atom. The summed E-state index contributed by atoms with van der Waals surface area (Å²) in [4.78, 5) is 26.3. The summed E-state index contributed by atoms with van der Waals surface area (Å²) in [6, 6.07) is 17.1. The summed E-state index contributed by atoms with van der Waals surface area (Å²) in [6.07, 6.45) is 1.09. The lowest BCUT2D eigenvalue weighted by atomic mass is 9.97. The number of aliphatic carboxylic acids is 1. The minimum Gasteiger partial charge on any atom is -0.492 e. The average Bonchev–Trinajstić information content (AvgIpc) is 2.86. The van der Waals surface area contributed by atoms with Crippen molar-refractivity contribution >= 4 is 29.5 Å². The van der Waals surface area contributed by atoms with Crippen LogP contribution in [0.4, 0.5) is 23.5 Å². The molecule has 4 N–H and O–H groups in total. The second-order valence-electron chi connectivity index (χ2n) is 7.99. The molecule has 0 spiro atoms. The third-order valence-electron chi connectivity index (χ3n) is 5.33. The number of aliphatic hydroxyl groups is 1. The maximum absolute atomic E-state index is 11.2. The monoisotopic (exact) mass is 480 g/mol. The molecule has 3 aromatic rings. The average molecular weight is 481 g/mol. The molecule has 0 saturated heterocycles. The summed E-state index contributed by atoms with van der Waals surface area (Å²) in [5, 5.41) is 24.8. The molecule has 3 rings (SSSR count). The zero-order chi connectivity index (χ0) is 25.0. The molecule has 1 heterocycles. The number of para-hydroxylation sites is 1. The number of anilines is 4. The Labute approximate surface area is 205 Å². The van der Waals surface area contributed by atoms with Gasteiger partial charge >= 0.3 is 5.97 Å². The van der Waals surface area contributed by atoms with Crippen molar-refractivity contribution in [3.8, 4) is 5.75 Å². The van der Waals surface area contributed by atoms with Gasteiger partial charge in [0.1, 0.15) is 12.4 Å². The Morgan fingerprint density at radius 3 is 2.43 bits per heavy atom. The second kappa shape index (κ2) is 13.1. The number of aliphatic hydroxyl groups excluding tert-OH is 1. The molecule has 0 aliphatic carbocycles. The highest BCUT2D eigenvalue weighted by Gasteiger charge is 2.15. The van der Waals surface area contributed by atoms with E-state index in [4.69, 9.17) is 4.74 Å². The van der Waals surface area contributed by atoms with E-state index >= 15 is 0 Å². The van der Waals surface area contributed by atoms with E-state index in [9.17, 15) is 15.0 Å². The van der Waals surface area contributed by atoms with Crippen molar-refractivity contribution in [3.05, 3.63) is 60.2 Å². The summed E-state index contributed by atoms with van der Waals surface area (Å²) in [5.41, 5.74) is 1.81. The SMILES string of the molecule is CCC(Cc1ccc(OCCNc2nc(Nc3ccccc3)nc(N(C)CCO)n2)cc1)C(=O)O. The molecule has 0 fully saturated rings. The van der Waals surface area contributed by atoms with Crippen LogP contribution in [0.5, 0.6) is 5.75 Å². The van der Waals surface area contributed by atoms with E-state index in [0.717, 1.165) is 11.3 Å². The number of likely N-dealkylation sites (N-methyl/N-ethyl adjacent to an activating group) is 1. The Hall–Kier alpha value is -3.92. The van der Waals surface area contributed by atoms with E-state index in [-0.39, 0.29) is 12.5 Å². The predicted octanol–water partition coefficient (Wildman–Crippen LogP) is 3.19. The van der Waals surface area contributed by atoms with E-state index in [1.807, 2.05) is 61.5 Å².